The normalized spacial score (nSPS) is 20.9. The number of rotatable bonds is 4. The summed E-state index contributed by atoms with van der Waals surface area (Å²) in [7, 11) is 3.74. The molecule has 0 aliphatic carbocycles. The summed E-state index contributed by atoms with van der Waals surface area (Å²) >= 11 is 7.45. The molecule has 0 spiro atoms. The minimum absolute atomic E-state index is 0.0908. The molecular formula is C23H25ClN6O3S. The number of benzene rings is 1. The van der Waals surface area contributed by atoms with E-state index >= 15 is 0 Å². The summed E-state index contributed by atoms with van der Waals surface area (Å²) in [5, 5.41) is 7.76. The Balaban J connectivity index is 1.32. The number of likely N-dealkylation sites (N-methyl/N-ethyl adjacent to an activating group) is 2. The third-order valence-electron chi connectivity index (χ3n) is 6.35. The van der Waals surface area contributed by atoms with Crippen LogP contribution in [0.2, 0.25) is 5.02 Å². The van der Waals surface area contributed by atoms with Crippen molar-refractivity contribution in [3.05, 3.63) is 50.6 Å². The van der Waals surface area contributed by atoms with Gasteiger partial charge in [-0.05, 0) is 31.3 Å². The van der Waals surface area contributed by atoms with Crippen LogP contribution in [0.5, 0.6) is 0 Å². The molecule has 4 heterocycles. The Morgan fingerprint density at radius 2 is 1.97 bits per heavy atom. The smallest absolute Gasteiger partial charge is 0.280 e. The van der Waals surface area contributed by atoms with Crippen LogP contribution in [0.3, 0.4) is 0 Å². The molecule has 5 rings (SSSR count). The zero-order chi connectivity index (χ0) is 24.0. The van der Waals surface area contributed by atoms with E-state index in [4.69, 9.17) is 11.6 Å². The summed E-state index contributed by atoms with van der Waals surface area (Å²) in [5.41, 5.74) is 2.13. The van der Waals surface area contributed by atoms with Crippen LogP contribution >= 0.6 is 22.9 Å². The summed E-state index contributed by atoms with van der Waals surface area (Å²) in [6.45, 7) is 2.00. The van der Waals surface area contributed by atoms with Crippen molar-refractivity contribution in [1.82, 2.24) is 30.4 Å². The first-order valence-electron chi connectivity index (χ1n) is 11.1. The second-order valence-electron chi connectivity index (χ2n) is 8.93. The molecule has 11 heteroatoms. The van der Waals surface area contributed by atoms with E-state index in [1.54, 1.807) is 30.1 Å². The Bertz CT molecular complexity index is 1290. The molecule has 2 atom stereocenters. The fourth-order valence-electron chi connectivity index (χ4n) is 4.43. The number of halogens is 1. The van der Waals surface area contributed by atoms with Crippen LogP contribution in [0.15, 0.2) is 24.3 Å². The van der Waals surface area contributed by atoms with Crippen LogP contribution in [-0.2, 0) is 17.8 Å². The number of nitrogens with one attached hydrogen (secondary N) is 3. The molecule has 2 aliphatic rings. The van der Waals surface area contributed by atoms with E-state index in [0.717, 1.165) is 41.0 Å². The van der Waals surface area contributed by atoms with Crippen molar-refractivity contribution in [3.63, 3.8) is 0 Å². The maximum absolute atomic E-state index is 13.0. The number of carbonyl (C=O) groups excluding carboxylic acids is 3. The number of carbonyl (C=O) groups is 3. The number of likely N-dealkylation sites (tertiary alicyclic amines) is 1. The molecule has 1 saturated heterocycles. The van der Waals surface area contributed by atoms with E-state index in [9.17, 15) is 14.4 Å². The third kappa shape index (κ3) is 4.53. The van der Waals surface area contributed by atoms with Crippen molar-refractivity contribution < 1.29 is 14.4 Å². The molecule has 1 aromatic carbocycles. The molecule has 1 fully saturated rings. The molecule has 2 aliphatic heterocycles. The Morgan fingerprint density at radius 3 is 2.79 bits per heavy atom. The monoisotopic (exact) mass is 500 g/mol. The minimum atomic E-state index is -0.545. The average Bonchev–Trinajstić information content (AvgIpc) is 3.40. The van der Waals surface area contributed by atoms with Crippen LogP contribution < -0.4 is 10.6 Å². The molecule has 178 valence electrons. The molecule has 0 saturated carbocycles. The van der Waals surface area contributed by atoms with E-state index in [-0.39, 0.29) is 24.1 Å². The minimum Gasteiger partial charge on any atom is -0.351 e. The lowest BCUT2D eigenvalue weighted by molar-refractivity contribution is -0.133. The Labute approximate surface area is 205 Å². The predicted octanol–water partition coefficient (Wildman–Crippen LogP) is 2.02. The van der Waals surface area contributed by atoms with Gasteiger partial charge in [-0.15, -0.1) is 11.3 Å². The molecule has 2 aromatic heterocycles. The first kappa shape index (κ1) is 22.8. The van der Waals surface area contributed by atoms with Gasteiger partial charge in [-0.2, -0.15) is 0 Å². The zero-order valence-corrected chi connectivity index (χ0v) is 20.4. The Morgan fingerprint density at radius 1 is 1.18 bits per heavy atom. The van der Waals surface area contributed by atoms with Crippen molar-refractivity contribution in [2.24, 2.45) is 0 Å². The second kappa shape index (κ2) is 9.01. The van der Waals surface area contributed by atoms with Gasteiger partial charge in [0.1, 0.15) is 5.69 Å². The molecule has 0 radical (unpaired) electrons. The summed E-state index contributed by atoms with van der Waals surface area (Å²) in [6.07, 6.45) is 0.920. The van der Waals surface area contributed by atoms with Gasteiger partial charge >= 0.3 is 0 Å². The van der Waals surface area contributed by atoms with Crippen LogP contribution in [0.1, 0.15) is 37.3 Å². The highest BCUT2D eigenvalue weighted by Crippen LogP contribution is 2.25. The number of thiazole rings is 1. The number of piperidine rings is 1. The number of hydrogen-bond acceptors (Lipinski definition) is 6. The number of aromatic amines is 1. The molecule has 3 amide bonds. The van der Waals surface area contributed by atoms with E-state index < -0.39 is 12.1 Å². The second-order valence-corrected chi connectivity index (χ2v) is 10.4. The van der Waals surface area contributed by atoms with Crippen molar-refractivity contribution in [2.75, 3.05) is 27.2 Å². The zero-order valence-electron chi connectivity index (χ0n) is 18.9. The lowest BCUT2D eigenvalue weighted by Gasteiger charge is -2.36. The van der Waals surface area contributed by atoms with Gasteiger partial charge in [0, 0.05) is 60.3 Å². The molecule has 0 bridgehead atoms. The number of H-pyrrole nitrogens is 1. The van der Waals surface area contributed by atoms with Crippen molar-refractivity contribution >= 4 is 51.6 Å². The SMILES string of the molecule is CN1CCc2nc(C(=O)N[C@H]3CN(C)C(=O)C[C@@H]3NC(=O)c3cc4cc(Cl)ccc4[nH]3)sc2C1. The fourth-order valence-corrected chi connectivity index (χ4v) is 5.70. The highest BCUT2D eigenvalue weighted by molar-refractivity contribution is 7.13. The van der Waals surface area contributed by atoms with Gasteiger partial charge in [0.05, 0.1) is 17.8 Å². The van der Waals surface area contributed by atoms with Crippen LogP contribution in [-0.4, -0.2) is 76.8 Å². The lowest BCUT2D eigenvalue weighted by Crippen LogP contribution is -2.61. The van der Waals surface area contributed by atoms with Gasteiger partial charge in [-0.25, -0.2) is 4.98 Å². The summed E-state index contributed by atoms with van der Waals surface area (Å²) in [6, 6.07) is 6.06. The van der Waals surface area contributed by atoms with Gasteiger partial charge in [-0.1, -0.05) is 11.6 Å². The van der Waals surface area contributed by atoms with E-state index in [2.05, 4.69) is 25.5 Å². The fraction of sp³-hybridized carbons (Fsp3) is 0.391. The van der Waals surface area contributed by atoms with Gasteiger partial charge in [0.25, 0.3) is 11.8 Å². The Kier molecular flexibility index (Phi) is 6.05. The number of aromatic nitrogens is 2. The van der Waals surface area contributed by atoms with Crippen LogP contribution in [0.25, 0.3) is 10.9 Å². The van der Waals surface area contributed by atoms with Gasteiger partial charge in [0.2, 0.25) is 5.91 Å². The first-order chi connectivity index (χ1) is 16.3. The van der Waals surface area contributed by atoms with Crippen LogP contribution in [0, 0.1) is 0 Å². The van der Waals surface area contributed by atoms with Crippen molar-refractivity contribution in [2.45, 2.75) is 31.5 Å². The van der Waals surface area contributed by atoms with Gasteiger partial charge < -0.3 is 25.4 Å². The van der Waals surface area contributed by atoms with Crippen LogP contribution in [0.4, 0.5) is 0 Å². The maximum atomic E-state index is 13.0. The number of amides is 3. The van der Waals surface area contributed by atoms with Crippen molar-refractivity contribution in [1.29, 1.82) is 0 Å². The third-order valence-corrected chi connectivity index (χ3v) is 7.67. The largest absolute Gasteiger partial charge is 0.351 e. The van der Waals surface area contributed by atoms with E-state index in [1.165, 1.54) is 11.3 Å². The quantitative estimate of drug-likeness (QED) is 0.507. The molecular weight excluding hydrogens is 476 g/mol. The van der Waals surface area contributed by atoms with Gasteiger partial charge in [0.15, 0.2) is 5.01 Å². The highest BCUT2D eigenvalue weighted by Gasteiger charge is 2.35. The number of nitrogens with zero attached hydrogens (tertiary/aromatic N) is 3. The highest BCUT2D eigenvalue weighted by atomic mass is 35.5. The standard InChI is InChI=1S/C23H25ClN6O3S/c1-29-6-5-15-19(11-29)34-23(28-15)22(33)27-18-10-30(2)20(31)9-16(18)26-21(32)17-8-12-7-13(24)3-4-14(12)25-17/h3-4,7-8,16,18,25H,5-6,9-11H2,1-2H3,(H,26,32)(H,27,33)/t16-,18-/m0/s1. The van der Waals surface area contributed by atoms with Gasteiger partial charge in [-0.3, -0.25) is 14.4 Å². The van der Waals surface area contributed by atoms with E-state index in [1.807, 2.05) is 13.1 Å². The molecule has 3 aromatic rings. The number of hydrogen-bond donors (Lipinski definition) is 3. The number of fused-ring (bicyclic) bond motifs is 2. The first-order valence-corrected chi connectivity index (χ1v) is 12.3. The molecule has 34 heavy (non-hydrogen) atoms. The summed E-state index contributed by atoms with van der Waals surface area (Å²) in [4.78, 5) is 50.9. The predicted molar refractivity (Wildman–Crippen MR) is 130 cm³/mol. The molecule has 9 nitrogen and oxygen atoms in total. The average molecular weight is 501 g/mol. The lowest BCUT2D eigenvalue weighted by atomic mass is 9.98. The summed E-state index contributed by atoms with van der Waals surface area (Å²) in [5.74, 6) is -0.719. The Hall–Kier alpha value is -2.95. The topological polar surface area (TPSA) is 110 Å². The maximum Gasteiger partial charge on any atom is 0.280 e. The molecule has 0 unspecified atom stereocenters. The molecule has 3 N–H and O–H groups in total. The van der Waals surface area contributed by atoms with Crippen molar-refractivity contribution in [3.8, 4) is 0 Å². The van der Waals surface area contributed by atoms with E-state index in [0.29, 0.717) is 22.3 Å². The summed E-state index contributed by atoms with van der Waals surface area (Å²) < 4.78 is 0.